The summed E-state index contributed by atoms with van der Waals surface area (Å²) >= 11 is 0. The van der Waals surface area contributed by atoms with Crippen molar-refractivity contribution in [2.75, 3.05) is 6.61 Å². The molecule has 1 aliphatic rings. The molecule has 0 saturated carbocycles. The van der Waals surface area contributed by atoms with Crippen LogP contribution in [-0.2, 0) is 4.43 Å². The predicted molar refractivity (Wildman–Crippen MR) is 192 cm³/mol. The van der Waals surface area contributed by atoms with Crippen LogP contribution in [0.4, 0.5) is 0 Å². The molecule has 0 aliphatic heterocycles. The molecular weight excluding hydrogens is 569 g/mol. The summed E-state index contributed by atoms with van der Waals surface area (Å²) in [5.41, 5.74) is 6.82. The lowest BCUT2D eigenvalue weighted by atomic mass is 9.71. The number of furan rings is 1. The Labute approximate surface area is 273 Å². The lowest BCUT2D eigenvalue weighted by Gasteiger charge is -2.43. The molecule has 4 rings (SSSR count). The third-order valence-corrected chi connectivity index (χ3v) is 14.7. The van der Waals surface area contributed by atoms with Gasteiger partial charge < -0.3 is 8.84 Å². The van der Waals surface area contributed by atoms with E-state index in [4.69, 9.17) is 8.84 Å². The Balaban J connectivity index is 1.56. The zero-order valence-electron chi connectivity index (χ0n) is 28.7. The summed E-state index contributed by atoms with van der Waals surface area (Å²) in [6.07, 6.45) is 15.8. The molecule has 3 nitrogen and oxygen atoms in total. The highest BCUT2D eigenvalue weighted by molar-refractivity contribution is 6.99. The molecule has 1 aromatic heterocycles. The fraction of sp³-hybridized carbons (Fsp3) is 0.439. The lowest BCUT2D eigenvalue weighted by Crippen LogP contribution is -2.66. The van der Waals surface area contributed by atoms with Gasteiger partial charge in [-0.2, -0.15) is 0 Å². The van der Waals surface area contributed by atoms with E-state index in [1.54, 1.807) is 23.5 Å². The molecule has 1 aliphatic carbocycles. The zero-order chi connectivity index (χ0) is 32.5. The first-order chi connectivity index (χ1) is 21.4. The molecule has 1 heterocycles. The van der Waals surface area contributed by atoms with E-state index in [0.717, 1.165) is 25.7 Å². The SMILES string of the molecule is CC1=C(CC/C(C)=C/CC/C(=C\CC(=O)c2ccoc2)CO[Si](c2ccccc2)(c2ccccc2)C(C)(C)C)C(C)(C)CCC1. The smallest absolute Gasteiger partial charge is 0.261 e. The van der Waals surface area contributed by atoms with Crippen LogP contribution in [0.25, 0.3) is 0 Å². The second-order valence-electron chi connectivity index (χ2n) is 14.5. The monoisotopic (exact) mass is 622 g/mol. The van der Waals surface area contributed by atoms with E-state index in [1.807, 2.05) is 0 Å². The van der Waals surface area contributed by atoms with Crippen LogP contribution in [0.2, 0.25) is 5.04 Å². The van der Waals surface area contributed by atoms with Gasteiger partial charge in [-0.25, -0.2) is 0 Å². The summed E-state index contributed by atoms with van der Waals surface area (Å²) < 4.78 is 12.5. The van der Waals surface area contributed by atoms with Crippen LogP contribution in [0, 0.1) is 5.41 Å². The molecular formula is C41H54O3Si. The highest BCUT2D eigenvalue weighted by atomic mass is 28.4. The minimum Gasteiger partial charge on any atom is -0.472 e. The van der Waals surface area contributed by atoms with Gasteiger partial charge in [0.05, 0.1) is 18.4 Å². The molecule has 0 spiro atoms. The molecule has 0 N–H and O–H groups in total. The fourth-order valence-corrected chi connectivity index (χ4v) is 11.7. The normalized spacial score (nSPS) is 16.2. The van der Waals surface area contributed by atoms with Crippen molar-refractivity contribution in [3.8, 4) is 0 Å². The van der Waals surface area contributed by atoms with Crippen LogP contribution in [-0.4, -0.2) is 20.7 Å². The molecule has 45 heavy (non-hydrogen) atoms. The number of carbonyl (C=O) groups is 1. The van der Waals surface area contributed by atoms with Crippen molar-refractivity contribution in [2.45, 2.75) is 105 Å². The van der Waals surface area contributed by atoms with Crippen LogP contribution < -0.4 is 10.4 Å². The highest BCUT2D eigenvalue weighted by Crippen LogP contribution is 2.42. The van der Waals surface area contributed by atoms with Crippen LogP contribution in [0.15, 0.2) is 118 Å². The highest BCUT2D eigenvalue weighted by Gasteiger charge is 2.50. The Bertz CT molecular complexity index is 1430. The maximum absolute atomic E-state index is 13.0. The van der Waals surface area contributed by atoms with Crippen molar-refractivity contribution in [1.29, 1.82) is 0 Å². The molecule has 0 amide bonds. The molecule has 0 unspecified atom stereocenters. The number of hydrogen-bond acceptors (Lipinski definition) is 3. The van der Waals surface area contributed by atoms with Gasteiger partial charge in [0.15, 0.2) is 5.78 Å². The molecule has 0 bridgehead atoms. The average molecular weight is 623 g/mol. The summed E-state index contributed by atoms with van der Waals surface area (Å²) in [5, 5.41) is 2.43. The third kappa shape index (κ3) is 8.74. The van der Waals surface area contributed by atoms with Gasteiger partial charge in [0.1, 0.15) is 6.26 Å². The van der Waals surface area contributed by atoms with Crippen molar-refractivity contribution in [1.82, 2.24) is 0 Å². The maximum atomic E-state index is 13.0. The molecule has 3 aromatic rings. The van der Waals surface area contributed by atoms with Gasteiger partial charge in [-0.1, -0.05) is 124 Å². The van der Waals surface area contributed by atoms with E-state index in [-0.39, 0.29) is 10.8 Å². The van der Waals surface area contributed by atoms with Gasteiger partial charge >= 0.3 is 0 Å². The molecule has 0 saturated heterocycles. The Morgan fingerprint density at radius 2 is 1.60 bits per heavy atom. The van der Waals surface area contributed by atoms with Crippen LogP contribution >= 0.6 is 0 Å². The summed E-state index contributed by atoms with van der Waals surface area (Å²) in [7, 11) is -2.70. The second kappa shape index (κ2) is 15.4. The van der Waals surface area contributed by atoms with E-state index in [2.05, 4.69) is 121 Å². The summed E-state index contributed by atoms with van der Waals surface area (Å²) in [4.78, 5) is 13.0. The maximum Gasteiger partial charge on any atom is 0.261 e. The number of carbonyl (C=O) groups excluding carboxylic acids is 1. The number of ketones is 1. The Kier molecular flexibility index (Phi) is 11.8. The largest absolute Gasteiger partial charge is 0.472 e. The van der Waals surface area contributed by atoms with Crippen molar-refractivity contribution < 1.29 is 13.6 Å². The zero-order valence-corrected chi connectivity index (χ0v) is 29.7. The number of allylic oxidation sites excluding steroid dienone is 5. The van der Waals surface area contributed by atoms with Gasteiger partial charge in [0.25, 0.3) is 8.32 Å². The van der Waals surface area contributed by atoms with Crippen LogP contribution in [0.1, 0.15) is 110 Å². The Hall–Kier alpha value is -3.21. The van der Waals surface area contributed by atoms with Crippen molar-refractivity contribution >= 4 is 24.5 Å². The second-order valence-corrected chi connectivity index (χ2v) is 18.8. The first-order valence-electron chi connectivity index (χ1n) is 16.8. The van der Waals surface area contributed by atoms with E-state index in [0.29, 0.717) is 24.0 Å². The Morgan fingerprint density at radius 1 is 0.956 bits per heavy atom. The molecule has 0 radical (unpaired) electrons. The van der Waals surface area contributed by atoms with Gasteiger partial charge in [-0.05, 0) is 91.3 Å². The first kappa shape index (κ1) is 34.7. The van der Waals surface area contributed by atoms with Gasteiger partial charge in [0.2, 0.25) is 0 Å². The van der Waals surface area contributed by atoms with E-state index < -0.39 is 8.32 Å². The average Bonchev–Trinajstić information content (AvgIpc) is 3.55. The topological polar surface area (TPSA) is 39.4 Å². The summed E-state index contributed by atoms with van der Waals surface area (Å²) in [6.45, 7) is 16.9. The first-order valence-corrected chi connectivity index (χ1v) is 18.7. The fourth-order valence-electron chi connectivity index (χ4n) is 7.13. The molecule has 4 heteroatoms. The summed E-state index contributed by atoms with van der Waals surface area (Å²) in [6, 6.07) is 23.3. The quantitative estimate of drug-likeness (QED) is 0.102. The molecule has 2 aromatic carbocycles. The van der Waals surface area contributed by atoms with Gasteiger partial charge in [-0.15, -0.1) is 0 Å². The predicted octanol–water partition coefficient (Wildman–Crippen LogP) is 10.4. The molecule has 240 valence electrons. The molecule has 0 atom stereocenters. The summed E-state index contributed by atoms with van der Waals surface area (Å²) in [5.74, 6) is 0.0668. The van der Waals surface area contributed by atoms with Gasteiger partial charge in [-0.3, -0.25) is 4.79 Å². The number of benzene rings is 2. The standard InChI is InChI=1S/C41H54O3Si/c1-32(23-25-38-33(2)17-15-28-41(38,6)7)16-14-18-34(24-26-39(42)35-27-29-43-31-35)30-44-45(40(3,4)5,36-19-10-8-11-20-36)37-21-12-9-13-22-37/h8-13,16,19-22,24,27,29,31H,14-15,17-18,23,25-26,28,30H2,1-7H3/b32-16+,34-24+. The van der Waals surface area contributed by atoms with E-state index in [1.165, 1.54) is 47.0 Å². The van der Waals surface area contributed by atoms with Crippen molar-refractivity contribution in [3.63, 3.8) is 0 Å². The van der Waals surface area contributed by atoms with Gasteiger partial charge in [0, 0.05) is 6.42 Å². The van der Waals surface area contributed by atoms with Crippen molar-refractivity contribution in [3.05, 3.63) is 119 Å². The minimum atomic E-state index is -2.70. The number of Topliss-reactive ketones (excluding diaryl/α,β-unsaturated/α-hetero) is 1. The Morgan fingerprint density at radius 3 is 2.16 bits per heavy atom. The molecule has 0 fully saturated rings. The van der Waals surface area contributed by atoms with Crippen molar-refractivity contribution in [2.24, 2.45) is 5.41 Å². The van der Waals surface area contributed by atoms with E-state index >= 15 is 0 Å². The number of hydrogen-bond donors (Lipinski definition) is 0. The van der Waals surface area contributed by atoms with Crippen LogP contribution in [0.3, 0.4) is 0 Å². The number of rotatable bonds is 14. The van der Waals surface area contributed by atoms with Crippen LogP contribution in [0.5, 0.6) is 0 Å². The van der Waals surface area contributed by atoms with E-state index in [9.17, 15) is 4.79 Å². The minimum absolute atomic E-state index is 0.0668. The third-order valence-electron chi connectivity index (χ3n) is 9.72. The lowest BCUT2D eigenvalue weighted by molar-refractivity contribution is 0.0994.